The topological polar surface area (TPSA) is 38.3 Å². The summed E-state index contributed by atoms with van der Waals surface area (Å²) in [5, 5.41) is 2.89. The predicted octanol–water partition coefficient (Wildman–Crippen LogP) is 2.59. The zero-order valence-electron chi connectivity index (χ0n) is 10.2. The molecule has 1 aromatic rings. The largest absolute Gasteiger partial charge is 0.484 e. The first-order chi connectivity index (χ1) is 8.08. The fourth-order valence-corrected chi connectivity index (χ4v) is 1.80. The van der Waals surface area contributed by atoms with E-state index in [1.54, 1.807) is 0 Å². The standard InChI is InChI=1S/C13H18ClNO2/c1-10(14)8-11(2)15-13(16)9-17-12-6-4-3-5-7-12/h3-7,10-11H,8-9H2,1-2H3,(H,15,16). The average Bonchev–Trinajstić information content (AvgIpc) is 2.26. The maximum atomic E-state index is 11.5. The Labute approximate surface area is 107 Å². The van der Waals surface area contributed by atoms with E-state index in [0.717, 1.165) is 6.42 Å². The van der Waals surface area contributed by atoms with Gasteiger partial charge in [-0.1, -0.05) is 18.2 Å². The number of para-hydroxylation sites is 1. The predicted molar refractivity (Wildman–Crippen MR) is 69.5 cm³/mol. The van der Waals surface area contributed by atoms with E-state index in [4.69, 9.17) is 16.3 Å². The molecule has 0 heterocycles. The summed E-state index contributed by atoms with van der Waals surface area (Å²) in [5.41, 5.74) is 0. The molecule has 0 aromatic heterocycles. The lowest BCUT2D eigenvalue weighted by molar-refractivity contribution is -0.123. The number of hydrogen-bond acceptors (Lipinski definition) is 2. The Hall–Kier alpha value is -1.22. The van der Waals surface area contributed by atoms with Gasteiger partial charge in [0.1, 0.15) is 5.75 Å². The summed E-state index contributed by atoms with van der Waals surface area (Å²) in [6, 6.07) is 9.33. The molecular formula is C13H18ClNO2. The van der Waals surface area contributed by atoms with Gasteiger partial charge in [-0.15, -0.1) is 11.6 Å². The van der Waals surface area contributed by atoms with Crippen LogP contribution in [0.3, 0.4) is 0 Å². The van der Waals surface area contributed by atoms with Gasteiger partial charge < -0.3 is 10.1 Å². The van der Waals surface area contributed by atoms with Crippen molar-refractivity contribution in [2.75, 3.05) is 6.61 Å². The highest BCUT2D eigenvalue weighted by molar-refractivity contribution is 6.20. The van der Waals surface area contributed by atoms with Crippen molar-refractivity contribution in [2.45, 2.75) is 31.7 Å². The molecule has 3 nitrogen and oxygen atoms in total. The van der Waals surface area contributed by atoms with Crippen molar-refractivity contribution in [1.29, 1.82) is 0 Å². The third kappa shape index (κ3) is 6.17. The van der Waals surface area contributed by atoms with E-state index in [1.165, 1.54) is 0 Å². The van der Waals surface area contributed by atoms with Crippen molar-refractivity contribution in [3.05, 3.63) is 30.3 Å². The molecule has 2 unspecified atom stereocenters. The Morgan fingerprint density at radius 2 is 2.00 bits per heavy atom. The molecule has 17 heavy (non-hydrogen) atoms. The molecule has 1 aromatic carbocycles. The number of benzene rings is 1. The number of alkyl halides is 1. The summed E-state index contributed by atoms with van der Waals surface area (Å²) >= 11 is 5.85. The summed E-state index contributed by atoms with van der Waals surface area (Å²) in [6.07, 6.45) is 0.749. The number of carbonyl (C=O) groups excluding carboxylic acids is 1. The van der Waals surface area contributed by atoms with Crippen molar-refractivity contribution in [3.63, 3.8) is 0 Å². The van der Waals surface area contributed by atoms with Crippen LogP contribution >= 0.6 is 11.6 Å². The molecule has 0 bridgehead atoms. The Kier molecular flexibility index (Phi) is 5.84. The van der Waals surface area contributed by atoms with Gasteiger partial charge in [0.2, 0.25) is 0 Å². The van der Waals surface area contributed by atoms with Gasteiger partial charge in [-0.25, -0.2) is 0 Å². The van der Waals surface area contributed by atoms with E-state index in [9.17, 15) is 4.79 Å². The molecule has 2 atom stereocenters. The van der Waals surface area contributed by atoms with Crippen LogP contribution in [-0.2, 0) is 4.79 Å². The molecule has 0 radical (unpaired) electrons. The molecule has 0 aliphatic heterocycles. The molecule has 1 N–H and O–H groups in total. The third-order valence-corrected chi connectivity index (χ3v) is 2.38. The van der Waals surface area contributed by atoms with Crippen LogP contribution in [0.2, 0.25) is 0 Å². The Bertz CT molecular complexity index is 341. The van der Waals surface area contributed by atoms with Gasteiger partial charge >= 0.3 is 0 Å². The van der Waals surface area contributed by atoms with Crippen LogP contribution in [0.15, 0.2) is 30.3 Å². The zero-order valence-corrected chi connectivity index (χ0v) is 10.9. The van der Waals surface area contributed by atoms with E-state index in [0.29, 0.717) is 5.75 Å². The van der Waals surface area contributed by atoms with Crippen molar-refractivity contribution < 1.29 is 9.53 Å². The Morgan fingerprint density at radius 3 is 2.59 bits per heavy atom. The van der Waals surface area contributed by atoms with E-state index < -0.39 is 0 Å². The molecule has 0 saturated carbocycles. The van der Waals surface area contributed by atoms with E-state index in [2.05, 4.69) is 5.32 Å². The van der Waals surface area contributed by atoms with Crippen molar-refractivity contribution >= 4 is 17.5 Å². The number of nitrogens with one attached hydrogen (secondary N) is 1. The van der Waals surface area contributed by atoms with Gasteiger partial charge in [-0.05, 0) is 32.4 Å². The second-order valence-corrected chi connectivity index (χ2v) is 4.83. The third-order valence-electron chi connectivity index (χ3n) is 2.20. The summed E-state index contributed by atoms with van der Waals surface area (Å²) in [4.78, 5) is 11.5. The molecule has 0 fully saturated rings. The average molecular weight is 256 g/mol. The van der Waals surface area contributed by atoms with Crippen molar-refractivity contribution in [2.24, 2.45) is 0 Å². The van der Waals surface area contributed by atoms with Crippen LogP contribution in [0.4, 0.5) is 0 Å². The lowest BCUT2D eigenvalue weighted by Crippen LogP contribution is -2.37. The minimum absolute atomic E-state index is 0.0328. The van der Waals surface area contributed by atoms with Gasteiger partial charge in [-0.3, -0.25) is 4.79 Å². The number of ether oxygens (including phenoxy) is 1. The number of hydrogen-bond donors (Lipinski definition) is 1. The fraction of sp³-hybridized carbons (Fsp3) is 0.462. The van der Waals surface area contributed by atoms with Crippen molar-refractivity contribution in [3.8, 4) is 5.75 Å². The van der Waals surface area contributed by atoms with Crippen LogP contribution in [0.1, 0.15) is 20.3 Å². The minimum atomic E-state index is -0.126. The molecule has 1 amide bonds. The lowest BCUT2D eigenvalue weighted by Gasteiger charge is -2.15. The Balaban J connectivity index is 2.26. The maximum absolute atomic E-state index is 11.5. The highest BCUT2D eigenvalue weighted by atomic mass is 35.5. The maximum Gasteiger partial charge on any atom is 0.258 e. The number of amides is 1. The highest BCUT2D eigenvalue weighted by Crippen LogP contribution is 2.08. The molecular weight excluding hydrogens is 238 g/mol. The number of halogens is 1. The van der Waals surface area contributed by atoms with Gasteiger partial charge in [0.05, 0.1) is 0 Å². The number of rotatable bonds is 6. The zero-order chi connectivity index (χ0) is 12.7. The first-order valence-corrected chi connectivity index (χ1v) is 6.13. The van der Waals surface area contributed by atoms with E-state index in [-0.39, 0.29) is 23.9 Å². The molecule has 4 heteroatoms. The van der Waals surface area contributed by atoms with Crippen LogP contribution < -0.4 is 10.1 Å². The van der Waals surface area contributed by atoms with E-state index in [1.807, 2.05) is 44.2 Å². The second kappa shape index (κ2) is 7.17. The van der Waals surface area contributed by atoms with Gasteiger partial charge in [0.25, 0.3) is 5.91 Å². The number of carbonyl (C=O) groups is 1. The summed E-state index contributed by atoms with van der Waals surface area (Å²) in [6.45, 7) is 3.87. The minimum Gasteiger partial charge on any atom is -0.484 e. The summed E-state index contributed by atoms with van der Waals surface area (Å²) in [5.74, 6) is 0.569. The smallest absolute Gasteiger partial charge is 0.258 e. The first kappa shape index (κ1) is 13.8. The molecule has 0 spiro atoms. The fourth-order valence-electron chi connectivity index (χ4n) is 1.53. The lowest BCUT2D eigenvalue weighted by atomic mass is 10.2. The van der Waals surface area contributed by atoms with Crippen molar-refractivity contribution in [1.82, 2.24) is 5.32 Å². The second-order valence-electron chi connectivity index (χ2n) is 4.09. The molecule has 0 saturated heterocycles. The SMILES string of the molecule is CC(Cl)CC(C)NC(=O)COc1ccccc1. The van der Waals surface area contributed by atoms with E-state index >= 15 is 0 Å². The highest BCUT2D eigenvalue weighted by Gasteiger charge is 2.10. The summed E-state index contributed by atoms with van der Waals surface area (Å²) in [7, 11) is 0. The quantitative estimate of drug-likeness (QED) is 0.794. The normalized spacial score (nSPS) is 13.8. The van der Waals surface area contributed by atoms with Gasteiger partial charge in [-0.2, -0.15) is 0 Å². The van der Waals surface area contributed by atoms with Crippen LogP contribution in [0, 0.1) is 0 Å². The molecule has 1 rings (SSSR count). The van der Waals surface area contributed by atoms with Gasteiger partial charge in [0.15, 0.2) is 6.61 Å². The molecule has 0 aliphatic carbocycles. The van der Waals surface area contributed by atoms with Crippen LogP contribution in [-0.4, -0.2) is 23.9 Å². The Morgan fingerprint density at radius 1 is 1.35 bits per heavy atom. The summed E-state index contributed by atoms with van der Waals surface area (Å²) < 4.78 is 5.33. The molecule has 94 valence electrons. The van der Waals surface area contributed by atoms with Gasteiger partial charge in [0, 0.05) is 11.4 Å². The van der Waals surface area contributed by atoms with Crippen LogP contribution in [0.25, 0.3) is 0 Å². The van der Waals surface area contributed by atoms with Crippen LogP contribution in [0.5, 0.6) is 5.75 Å². The first-order valence-electron chi connectivity index (χ1n) is 5.69. The monoisotopic (exact) mass is 255 g/mol. The molecule has 0 aliphatic rings.